The van der Waals surface area contributed by atoms with Crippen molar-refractivity contribution in [3.8, 4) is 5.75 Å². The van der Waals surface area contributed by atoms with E-state index in [1.807, 2.05) is 40.0 Å². The number of phenols is 1. The van der Waals surface area contributed by atoms with Crippen molar-refractivity contribution in [1.82, 2.24) is 14.5 Å². The van der Waals surface area contributed by atoms with E-state index in [4.69, 9.17) is 0 Å². The number of aryl methyl sites for hydroxylation is 1. The number of nitrogens with zero attached hydrogens (tertiary/aromatic N) is 4. The zero-order valence-electron chi connectivity index (χ0n) is 20.3. The van der Waals surface area contributed by atoms with E-state index in [0.29, 0.717) is 37.2 Å². The third-order valence-electron chi connectivity index (χ3n) is 7.03. The van der Waals surface area contributed by atoms with E-state index in [0.717, 1.165) is 30.4 Å². The van der Waals surface area contributed by atoms with Gasteiger partial charge in [-0.1, -0.05) is 38.3 Å². The number of benzene rings is 1. The summed E-state index contributed by atoms with van der Waals surface area (Å²) in [5.41, 5.74) is 1.91. The molecule has 1 aromatic carbocycles. The Hall–Kier alpha value is -2.74. The third kappa shape index (κ3) is 4.28. The van der Waals surface area contributed by atoms with Crippen LogP contribution >= 0.6 is 0 Å². The van der Waals surface area contributed by atoms with E-state index in [2.05, 4.69) is 15.1 Å². The topological polar surface area (TPSA) is 82.7 Å². The first-order valence-electron chi connectivity index (χ1n) is 12.3. The fourth-order valence-corrected chi connectivity index (χ4v) is 5.29. The Kier molecular flexibility index (Phi) is 6.83. The predicted molar refractivity (Wildman–Crippen MR) is 132 cm³/mol. The van der Waals surface area contributed by atoms with Gasteiger partial charge in [0.15, 0.2) is 6.29 Å². The molecule has 2 heterocycles. The van der Waals surface area contributed by atoms with Gasteiger partial charge in [-0.05, 0) is 50.3 Å². The second-order valence-electron chi connectivity index (χ2n) is 9.39. The molecule has 1 fully saturated rings. The van der Waals surface area contributed by atoms with E-state index in [-0.39, 0.29) is 23.3 Å². The van der Waals surface area contributed by atoms with Crippen molar-refractivity contribution in [1.29, 1.82) is 0 Å². The van der Waals surface area contributed by atoms with Gasteiger partial charge in [0, 0.05) is 32.7 Å². The second-order valence-corrected chi connectivity index (χ2v) is 9.39. The number of hydrogen-bond acceptors (Lipinski definition) is 6. The van der Waals surface area contributed by atoms with Crippen molar-refractivity contribution < 1.29 is 5.11 Å². The van der Waals surface area contributed by atoms with E-state index < -0.39 is 0 Å². The quantitative estimate of drug-likeness (QED) is 0.668. The van der Waals surface area contributed by atoms with Crippen LogP contribution < -0.4 is 26.4 Å². The Balaban J connectivity index is 1.84. The van der Waals surface area contributed by atoms with Gasteiger partial charge in [0.2, 0.25) is 0 Å². The molecule has 2 aromatic rings. The van der Waals surface area contributed by atoms with Gasteiger partial charge in [-0.2, -0.15) is 0 Å². The molecule has 1 unspecified atom stereocenters. The molecule has 0 amide bonds. The molecule has 1 aliphatic carbocycles. The summed E-state index contributed by atoms with van der Waals surface area (Å²) in [5, 5.41) is 13.8. The van der Waals surface area contributed by atoms with Crippen LogP contribution in [0, 0.1) is 6.92 Å². The fourth-order valence-electron chi connectivity index (χ4n) is 5.29. The van der Waals surface area contributed by atoms with E-state index in [9.17, 15) is 14.7 Å². The molecule has 33 heavy (non-hydrogen) atoms. The lowest BCUT2D eigenvalue weighted by atomic mass is 9.95. The molecule has 1 atom stereocenters. The van der Waals surface area contributed by atoms with Crippen LogP contribution in [-0.2, 0) is 19.6 Å². The van der Waals surface area contributed by atoms with Crippen LogP contribution in [0.15, 0.2) is 27.8 Å². The highest BCUT2D eigenvalue weighted by molar-refractivity contribution is 5.73. The van der Waals surface area contributed by atoms with Gasteiger partial charge in [0.1, 0.15) is 17.3 Å². The fraction of sp³-hybridized carbons (Fsp3) is 0.600. The maximum atomic E-state index is 13.6. The first-order chi connectivity index (χ1) is 15.9. The average molecular weight is 456 g/mol. The van der Waals surface area contributed by atoms with Gasteiger partial charge in [0.25, 0.3) is 5.56 Å². The first-order valence-corrected chi connectivity index (χ1v) is 12.3. The minimum absolute atomic E-state index is 0.222. The van der Waals surface area contributed by atoms with Gasteiger partial charge in [-0.15, -0.1) is 0 Å². The maximum absolute atomic E-state index is 13.6. The maximum Gasteiger partial charge on any atom is 0.332 e. The molecule has 8 heteroatoms. The molecule has 0 saturated heterocycles. The van der Waals surface area contributed by atoms with Crippen LogP contribution in [0.2, 0.25) is 0 Å². The van der Waals surface area contributed by atoms with Crippen molar-refractivity contribution in [2.24, 2.45) is 0 Å². The molecule has 2 N–H and O–H groups in total. The molecule has 1 aromatic heterocycles. The molecule has 1 saturated carbocycles. The number of aromatic hydroxyl groups is 1. The summed E-state index contributed by atoms with van der Waals surface area (Å²) in [6.07, 6.45) is 6.51. The summed E-state index contributed by atoms with van der Waals surface area (Å²) in [6, 6.07) is 5.95. The summed E-state index contributed by atoms with van der Waals surface area (Å²) in [4.78, 5) is 31.0. The Bertz CT molecular complexity index is 1120. The first kappa shape index (κ1) is 23.4. The molecular weight excluding hydrogens is 418 g/mol. The molecule has 4 rings (SSSR count). The minimum atomic E-state index is -0.242. The van der Waals surface area contributed by atoms with Crippen molar-refractivity contribution >= 4 is 11.5 Å². The van der Waals surface area contributed by atoms with Crippen LogP contribution in [0.4, 0.5) is 11.5 Å². The highest BCUT2D eigenvalue weighted by atomic mass is 16.3. The number of fused-ring (bicyclic) bond motifs is 1. The van der Waals surface area contributed by atoms with Crippen LogP contribution in [0.3, 0.4) is 0 Å². The van der Waals surface area contributed by atoms with Gasteiger partial charge in [-0.25, -0.2) is 4.79 Å². The van der Waals surface area contributed by atoms with E-state index in [1.165, 1.54) is 23.8 Å². The predicted octanol–water partition coefficient (Wildman–Crippen LogP) is 3.12. The summed E-state index contributed by atoms with van der Waals surface area (Å²) < 4.78 is 3.11. The SMILES string of the molecule is CCCn1c2c(c(=O)n(CC)c1=O)N(Cc1ccc(O)c(C)c1)C(NC1CCCCC1)N2C. The molecule has 0 radical (unpaired) electrons. The third-order valence-corrected chi connectivity index (χ3v) is 7.03. The normalized spacial score (nSPS) is 18.7. The lowest BCUT2D eigenvalue weighted by molar-refractivity contribution is 0.330. The Labute approximate surface area is 195 Å². The number of rotatable bonds is 7. The van der Waals surface area contributed by atoms with E-state index in [1.54, 1.807) is 10.6 Å². The van der Waals surface area contributed by atoms with Gasteiger partial charge < -0.3 is 14.9 Å². The van der Waals surface area contributed by atoms with Gasteiger partial charge >= 0.3 is 5.69 Å². The Morgan fingerprint density at radius 2 is 1.82 bits per heavy atom. The average Bonchev–Trinajstić information content (AvgIpc) is 3.06. The lowest BCUT2D eigenvalue weighted by Gasteiger charge is -2.35. The Morgan fingerprint density at radius 1 is 1.09 bits per heavy atom. The number of hydrogen-bond donors (Lipinski definition) is 2. The van der Waals surface area contributed by atoms with Crippen molar-refractivity contribution in [3.05, 3.63) is 50.2 Å². The second kappa shape index (κ2) is 9.63. The smallest absolute Gasteiger partial charge is 0.332 e. The summed E-state index contributed by atoms with van der Waals surface area (Å²) in [5.74, 6) is 0.958. The van der Waals surface area contributed by atoms with Gasteiger partial charge in [-0.3, -0.25) is 19.2 Å². The zero-order chi connectivity index (χ0) is 23.7. The Morgan fingerprint density at radius 3 is 2.45 bits per heavy atom. The number of anilines is 2. The molecule has 2 aliphatic rings. The summed E-state index contributed by atoms with van der Waals surface area (Å²) in [6.45, 7) is 7.18. The highest BCUT2D eigenvalue weighted by Crippen LogP contribution is 2.36. The molecule has 0 spiro atoms. The van der Waals surface area contributed by atoms with Crippen LogP contribution in [0.25, 0.3) is 0 Å². The number of phenolic OH excluding ortho intramolecular Hbond substituents is 1. The molecule has 0 bridgehead atoms. The summed E-state index contributed by atoms with van der Waals surface area (Å²) >= 11 is 0. The summed E-state index contributed by atoms with van der Waals surface area (Å²) in [7, 11) is 1.97. The van der Waals surface area contributed by atoms with Crippen molar-refractivity contribution in [2.45, 2.75) is 91.3 Å². The number of nitrogens with one attached hydrogen (secondary N) is 1. The van der Waals surface area contributed by atoms with Gasteiger partial charge in [0.05, 0.1) is 0 Å². The monoisotopic (exact) mass is 455 g/mol. The van der Waals surface area contributed by atoms with Crippen molar-refractivity contribution in [3.63, 3.8) is 0 Å². The molecule has 8 nitrogen and oxygen atoms in total. The highest BCUT2D eigenvalue weighted by Gasteiger charge is 2.40. The zero-order valence-corrected chi connectivity index (χ0v) is 20.3. The molecule has 180 valence electrons. The van der Waals surface area contributed by atoms with Crippen molar-refractivity contribution in [2.75, 3.05) is 16.8 Å². The molecular formula is C25H37N5O3. The largest absolute Gasteiger partial charge is 0.508 e. The standard InChI is InChI=1S/C25H37N5O3/c1-5-14-29-22-21(23(32)28(6-2)25(29)33)30(16-18-12-13-20(31)17(3)15-18)24(27(22)4)26-19-10-8-7-9-11-19/h12-13,15,19,24,26,31H,5-11,14,16H2,1-4H3. The lowest BCUT2D eigenvalue weighted by Crippen LogP contribution is -2.55. The molecule has 1 aliphatic heterocycles. The van der Waals surface area contributed by atoms with Crippen LogP contribution in [-0.4, -0.2) is 33.6 Å². The van der Waals surface area contributed by atoms with Crippen LogP contribution in [0.5, 0.6) is 5.75 Å². The van der Waals surface area contributed by atoms with E-state index >= 15 is 0 Å². The van der Waals surface area contributed by atoms with Crippen LogP contribution in [0.1, 0.15) is 63.5 Å². The minimum Gasteiger partial charge on any atom is -0.508 e. The number of aromatic nitrogens is 2.